The van der Waals surface area contributed by atoms with Crippen molar-refractivity contribution >= 4 is 15.9 Å². The minimum Gasteiger partial charge on any atom is -0.314 e. The molecule has 0 aromatic heterocycles. The summed E-state index contributed by atoms with van der Waals surface area (Å²) in [7, 11) is 0. The fraction of sp³-hybridized carbons (Fsp3) is 0.600. The highest BCUT2D eigenvalue weighted by Gasteiger charge is 2.11. The molecule has 1 nitrogen and oxygen atoms in total. The van der Waals surface area contributed by atoms with Crippen molar-refractivity contribution < 1.29 is 0 Å². The molecule has 1 unspecified atom stereocenters. The molecule has 1 atom stereocenters. The summed E-state index contributed by atoms with van der Waals surface area (Å²) in [6, 6.07) is 9.14. The summed E-state index contributed by atoms with van der Waals surface area (Å²) in [6.07, 6.45) is 3.71. The Bertz CT molecular complexity index is 322. The van der Waals surface area contributed by atoms with Gasteiger partial charge < -0.3 is 5.32 Å². The standard InChI is InChI=1S/C15H24BrN/c1-4-7-13(11-17-12(2)3)10-14-8-5-6-9-15(14)16/h5-6,8-9,12-13,17H,4,7,10-11H2,1-3H3. The van der Waals surface area contributed by atoms with Gasteiger partial charge in [-0.15, -0.1) is 0 Å². The number of halogens is 1. The van der Waals surface area contributed by atoms with Crippen LogP contribution in [0.2, 0.25) is 0 Å². The summed E-state index contributed by atoms with van der Waals surface area (Å²) in [4.78, 5) is 0. The van der Waals surface area contributed by atoms with Crippen LogP contribution in [-0.2, 0) is 6.42 Å². The van der Waals surface area contributed by atoms with E-state index in [0.29, 0.717) is 6.04 Å². The van der Waals surface area contributed by atoms with Crippen LogP contribution in [0.3, 0.4) is 0 Å². The van der Waals surface area contributed by atoms with Crippen LogP contribution in [0.25, 0.3) is 0 Å². The lowest BCUT2D eigenvalue weighted by Gasteiger charge is -2.19. The Morgan fingerprint density at radius 1 is 1.24 bits per heavy atom. The van der Waals surface area contributed by atoms with Crippen LogP contribution in [0.1, 0.15) is 39.2 Å². The van der Waals surface area contributed by atoms with Crippen molar-refractivity contribution in [1.29, 1.82) is 0 Å². The molecule has 0 saturated heterocycles. The molecule has 0 heterocycles. The summed E-state index contributed by atoms with van der Waals surface area (Å²) in [5.74, 6) is 0.737. The van der Waals surface area contributed by atoms with Gasteiger partial charge in [0, 0.05) is 10.5 Å². The fourth-order valence-corrected chi connectivity index (χ4v) is 2.51. The Hall–Kier alpha value is -0.340. The van der Waals surface area contributed by atoms with E-state index in [0.717, 1.165) is 18.9 Å². The van der Waals surface area contributed by atoms with E-state index in [9.17, 15) is 0 Å². The maximum atomic E-state index is 3.64. The maximum absolute atomic E-state index is 3.64. The van der Waals surface area contributed by atoms with E-state index in [1.165, 1.54) is 22.9 Å². The lowest BCUT2D eigenvalue weighted by Crippen LogP contribution is -2.30. The Labute approximate surface area is 114 Å². The van der Waals surface area contributed by atoms with Gasteiger partial charge >= 0.3 is 0 Å². The molecular weight excluding hydrogens is 274 g/mol. The third-order valence-corrected chi connectivity index (χ3v) is 3.75. The SMILES string of the molecule is CCCC(CNC(C)C)Cc1ccccc1Br. The van der Waals surface area contributed by atoms with Gasteiger partial charge in [0.2, 0.25) is 0 Å². The first-order valence-corrected chi connectivity index (χ1v) is 7.39. The highest BCUT2D eigenvalue weighted by molar-refractivity contribution is 9.10. The first-order chi connectivity index (χ1) is 8.13. The van der Waals surface area contributed by atoms with Gasteiger partial charge in [0.25, 0.3) is 0 Å². The molecule has 0 radical (unpaired) electrons. The molecule has 1 aromatic rings. The molecule has 1 rings (SSSR count). The highest BCUT2D eigenvalue weighted by Crippen LogP contribution is 2.21. The van der Waals surface area contributed by atoms with Gasteiger partial charge in [-0.3, -0.25) is 0 Å². The number of hydrogen-bond acceptors (Lipinski definition) is 1. The van der Waals surface area contributed by atoms with Gasteiger partial charge in [-0.2, -0.15) is 0 Å². The largest absolute Gasteiger partial charge is 0.314 e. The van der Waals surface area contributed by atoms with Crippen LogP contribution in [0.15, 0.2) is 28.7 Å². The van der Waals surface area contributed by atoms with E-state index >= 15 is 0 Å². The summed E-state index contributed by atoms with van der Waals surface area (Å²) in [5, 5.41) is 3.55. The first kappa shape index (κ1) is 14.7. The van der Waals surface area contributed by atoms with Crippen molar-refractivity contribution in [2.75, 3.05) is 6.54 Å². The predicted molar refractivity (Wildman–Crippen MR) is 79.4 cm³/mol. The van der Waals surface area contributed by atoms with E-state index in [1.54, 1.807) is 0 Å². The molecule has 0 saturated carbocycles. The molecule has 0 fully saturated rings. The minimum absolute atomic E-state index is 0.577. The number of benzene rings is 1. The van der Waals surface area contributed by atoms with Crippen molar-refractivity contribution in [3.05, 3.63) is 34.3 Å². The van der Waals surface area contributed by atoms with Crippen LogP contribution in [-0.4, -0.2) is 12.6 Å². The molecule has 1 aromatic carbocycles. The smallest absolute Gasteiger partial charge is 0.0207 e. The van der Waals surface area contributed by atoms with E-state index in [2.05, 4.69) is 66.3 Å². The van der Waals surface area contributed by atoms with Crippen LogP contribution in [0, 0.1) is 5.92 Å². The lowest BCUT2D eigenvalue weighted by atomic mass is 9.95. The Morgan fingerprint density at radius 3 is 2.53 bits per heavy atom. The second kappa shape index (κ2) is 7.88. The van der Waals surface area contributed by atoms with Crippen LogP contribution in [0.5, 0.6) is 0 Å². The third kappa shape index (κ3) is 5.69. The molecule has 96 valence electrons. The molecule has 0 bridgehead atoms. The van der Waals surface area contributed by atoms with Crippen molar-refractivity contribution in [1.82, 2.24) is 5.32 Å². The van der Waals surface area contributed by atoms with Gasteiger partial charge in [0.05, 0.1) is 0 Å². The van der Waals surface area contributed by atoms with Crippen molar-refractivity contribution in [2.24, 2.45) is 5.92 Å². The second-order valence-electron chi connectivity index (χ2n) is 5.01. The maximum Gasteiger partial charge on any atom is 0.0207 e. The highest BCUT2D eigenvalue weighted by atomic mass is 79.9. The van der Waals surface area contributed by atoms with Gasteiger partial charge in [-0.05, 0) is 36.9 Å². The predicted octanol–water partition coefficient (Wildman–Crippen LogP) is 4.41. The van der Waals surface area contributed by atoms with E-state index in [-0.39, 0.29) is 0 Å². The van der Waals surface area contributed by atoms with Crippen LogP contribution in [0.4, 0.5) is 0 Å². The van der Waals surface area contributed by atoms with E-state index in [1.807, 2.05) is 0 Å². The molecule has 0 aliphatic heterocycles. The number of rotatable bonds is 7. The molecule has 0 aliphatic carbocycles. The summed E-state index contributed by atoms with van der Waals surface area (Å²) in [6.45, 7) is 7.80. The Morgan fingerprint density at radius 2 is 1.94 bits per heavy atom. The average Bonchev–Trinajstić information content (AvgIpc) is 2.29. The Kier molecular flexibility index (Phi) is 6.83. The van der Waals surface area contributed by atoms with Gasteiger partial charge in [0.15, 0.2) is 0 Å². The molecular formula is C15H24BrN. The molecule has 0 aliphatic rings. The zero-order valence-electron chi connectivity index (χ0n) is 11.2. The van der Waals surface area contributed by atoms with Crippen molar-refractivity contribution in [2.45, 2.75) is 46.1 Å². The Balaban J connectivity index is 2.56. The van der Waals surface area contributed by atoms with E-state index < -0.39 is 0 Å². The lowest BCUT2D eigenvalue weighted by molar-refractivity contribution is 0.418. The molecule has 1 N–H and O–H groups in total. The second-order valence-corrected chi connectivity index (χ2v) is 5.87. The normalized spacial score (nSPS) is 13.0. The van der Waals surface area contributed by atoms with Crippen molar-refractivity contribution in [3.63, 3.8) is 0 Å². The first-order valence-electron chi connectivity index (χ1n) is 6.60. The monoisotopic (exact) mass is 297 g/mol. The minimum atomic E-state index is 0.577. The third-order valence-electron chi connectivity index (χ3n) is 2.98. The van der Waals surface area contributed by atoms with Crippen molar-refractivity contribution in [3.8, 4) is 0 Å². The van der Waals surface area contributed by atoms with Gasteiger partial charge in [-0.1, -0.05) is 61.3 Å². The van der Waals surface area contributed by atoms with Crippen LogP contribution < -0.4 is 5.32 Å². The van der Waals surface area contributed by atoms with Gasteiger partial charge in [0.1, 0.15) is 0 Å². The average molecular weight is 298 g/mol. The zero-order valence-corrected chi connectivity index (χ0v) is 12.8. The quantitative estimate of drug-likeness (QED) is 0.786. The molecule has 2 heteroatoms. The fourth-order valence-electron chi connectivity index (χ4n) is 2.06. The summed E-state index contributed by atoms with van der Waals surface area (Å²) < 4.78 is 1.24. The van der Waals surface area contributed by atoms with Gasteiger partial charge in [-0.25, -0.2) is 0 Å². The molecule has 0 spiro atoms. The molecule has 0 amide bonds. The number of nitrogens with one attached hydrogen (secondary N) is 1. The van der Waals surface area contributed by atoms with E-state index in [4.69, 9.17) is 0 Å². The van der Waals surface area contributed by atoms with Crippen LogP contribution >= 0.6 is 15.9 Å². The summed E-state index contributed by atoms with van der Waals surface area (Å²) in [5.41, 5.74) is 1.43. The number of hydrogen-bond donors (Lipinski definition) is 1. The topological polar surface area (TPSA) is 12.0 Å². The summed E-state index contributed by atoms with van der Waals surface area (Å²) >= 11 is 3.64. The molecule has 17 heavy (non-hydrogen) atoms. The zero-order chi connectivity index (χ0) is 12.7.